The Morgan fingerprint density at radius 1 is 0.769 bits per heavy atom. The maximum Gasteiger partial charge on any atom is 0.335 e. The SMILES string of the molecule is CC(C(=O)Nc1ccc(C(=O)O)cc1OCCCC(=O)O)c1cccc(OCCCCOc2ccccc2)c1. The Labute approximate surface area is 227 Å². The zero-order valence-electron chi connectivity index (χ0n) is 21.8. The first kappa shape index (κ1) is 29.0. The van der Waals surface area contributed by atoms with Crippen LogP contribution in [-0.2, 0) is 9.59 Å². The van der Waals surface area contributed by atoms with Gasteiger partial charge in [-0.2, -0.15) is 0 Å². The van der Waals surface area contributed by atoms with Crippen LogP contribution >= 0.6 is 0 Å². The van der Waals surface area contributed by atoms with Gasteiger partial charge in [0.05, 0.1) is 37.0 Å². The Balaban J connectivity index is 1.53. The van der Waals surface area contributed by atoms with E-state index in [1.54, 1.807) is 6.92 Å². The Morgan fingerprint density at radius 3 is 2.13 bits per heavy atom. The van der Waals surface area contributed by atoms with Gasteiger partial charge in [-0.15, -0.1) is 0 Å². The highest BCUT2D eigenvalue weighted by Crippen LogP contribution is 2.29. The quantitative estimate of drug-likeness (QED) is 0.202. The van der Waals surface area contributed by atoms with Crippen LogP contribution in [0.1, 0.15) is 54.4 Å². The van der Waals surface area contributed by atoms with E-state index >= 15 is 0 Å². The fourth-order valence-corrected chi connectivity index (χ4v) is 3.65. The van der Waals surface area contributed by atoms with Crippen LogP contribution in [0.15, 0.2) is 72.8 Å². The Bertz CT molecular complexity index is 1240. The molecule has 0 heterocycles. The van der Waals surface area contributed by atoms with Crippen molar-refractivity contribution >= 4 is 23.5 Å². The first-order chi connectivity index (χ1) is 18.8. The second kappa shape index (κ2) is 15.0. The number of rotatable bonds is 16. The molecule has 3 aromatic carbocycles. The van der Waals surface area contributed by atoms with Gasteiger partial charge in [0.1, 0.15) is 17.2 Å². The maximum atomic E-state index is 13.0. The third-order valence-corrected chi connectivity index (χ3v) is 5.85. The predicted octanol–water partition coefficient (Wildman–Crippen LogP) is 5.61. The van der Waals surface area contributed by atoms with Crippen LogP contribution in [0.25, 0.3) is 0 Å². The topological polar surface area (TPSA) is 131 Å². The zero-order valence-corrected chi connectivity index (χ0v) is 21.8. The van der Waals surface area contributed by atoms with E-state index in [-0.39, 0.29) is 36.7 Å². The van der Waals surface area contributed by atoms with Gasteiger partial charge in [0, 0.05) is 6.42 Å². The van der Waals surface area contributed by atoms with Crippen molar-refractivity contribution in [3.05, 3.63) is 83.9 Å². The van der Waals surface area contributed by atoms with Gasteiger partial charge >= 0.3 is 11.9 Å². The molecule has 0 fully saturated rings. The van der Waals surface area contributed by atoms with E-state index in [0.717, 1.165) is 24.2 Å². The number of ether oxygens (including phenoxy) is 3. The number of nitrogens with one attached hydrogen (secondary N) is 1. The Hall–Kier alpha value is -4.53. The van der Waals surface area contributed by atoms with Crippen molar-refractivity contribution < 1.29 is 38.8 Å². The molecule has 3 rings (SSSR count). The molecule has 0 spiro atoms. The van der Waals surface area contributed by atoms with Gasteiger partial charge < -0.3 is 29.7 Å². The fourth-order valence-electron chi connectivity index (χ4n) is 3.65. The lowest BCUT2D eigenvalue weighted by molar-refractivity contribution is -0.137. The molecule has 39 heavy (non-hydrogen) atoms. The first-order valence-corrected chi connectivity index (χ1v) is 12.8. The van der Waals surface area contributed by atoms with E-state index in [2.05, 4.69) is 5.32 Å². The number of benzene rings is 3. The molecule has 9 nitrogen and oxygen atoms in total. The van der Waals surface area contributed by atoms with E-state index < -0.39 is 17.9 Å². The molecule has 9 heteroatoms. The number of carbonyl (C=O) groups is 3. The third kappa shape index (κ3) is 9.70. The number of hydrogen-bond donors (Lipinski definition) is 3. The molecule has 0 radical (unpaired) electrons. The summed E-state index contributed by atoms with van der Waals surface area (Å²) in [4.78, 5) is 35.2. The maximum absolute atomic E-state index is 13.0. The summed E-state index contributed by atoms with van der Waals surface area (Å²) in [6.45, 7) is 2.93. The van der Waals surface area contributed by atoms with Crippen LogP contribution in [0.5, 0.6) is 17.2 Å². The molecule has 1 amide bonds. The van der Waals surface area contributed by atoms with Gasteiger partial charge in [-0.1, -0.05) is 30.3 Å². The first-order valence-electron chi connectivity index (χ1n) is 12.8. The van der Waals surface area contributed by atoms with Gasteiger partial charge in [0.2, 0.25) is 5.91 Å². The van der Waals surface area contributed by atoms with Crippen molar-refractivity contribution in [2.75, 3.05) is 25.1 Å². The summed E-state index contributed by atoms with van der Waals surface area (Å²) in [6, 6.07) is 21.1. The second-order valence-corrected chi connectivity index (χ2v) is 8.86. The molecule has 0 saturated carbocycles. The van der Waals surface area contributed by atoms with Crippen molar-refractivity contribution in [2.45, 2.75) is 38.5 Å². The smallest absolute Gasteiger partial charge is 0.335 e. The van der Waals surface area contributed by atoms with Gasteiger partial charge in [-0.05, 0) is 74.2 Å². The monoisotopic (exact) mass is 535 g/mol. The lowest BCUT2D eigenvalue weighted by atomic mass is 10.00. The molecule has 1 atom stereocenters. The lowest BCUT2D eigenvalue weighted by Gasteiger charge is -2.17. The molecule has 0 bridgehead atoms. The van der Waals surface area contributed by atoms with Crippen LogP contribution in [0.3, 0.4) is 0 Å². The molecule has 1 unspecified atom stereocenters. The van der Waals surface area contributed by atoms with Crippen molar-refractivity contribution in [1.82, 2.24) is 0 Å². The molecule has 3 N–H and O–H groups in total. The summed E-state index contributed by atoms with van der Waals surface area (Å²) in [5.41, 5.74) is 1.05. The van der Waals surface area contributed by atoms with Gasteiger partial charge in [-0.3, -0.25) is 9.59 Å². The molecule has 0 aromatic heterocycles. The number of carboxylic acid groups (broad SMARTS) is 2. The minimum Gasteiger partial charge on any atom is -0.494 e. The molecule has 0 aliphatic rings. The number of amides is 1. The van der Waals surface area contributed by atoms with Crippen LogP contribution in [-0.4, -0.2) is 47.9 Å². The van der Waals surface area contributed by atoms with Crippen LogP contribution in [0.2, 0.25) is 0 Å². The van der Waals surface area contributed by atoms with E-state index in [1.807, 2.05) is 54.6 Å². The minimum atomic E-state index is -1.14. The van der Waals surface area contributed by atoms with Crippen molar-refractivity contribution in [3.63, 3.8) is 0 Å². The summed E-state index contributed by atoms with van der Waals surface area (Å²) < 4.78 is 17.2. The van der Waals surface area contributed by atoms with E-state index in [4.69, 9.17) is 19.3 Å². The second-order valence-electron chi connectivity index (χ2n) is 8.86. The van der Waals surface area contributed by atoms with E-state index in [1.165, 1.54) is 18.2 Å². The Morgan fingerprint density at radius 2 is 1.44 bits per heavy atom. The number of aliphatic carboxylic acids is 1. The number of carboxylic acids is 2. The standard InChI is InChI=1S/C30H33NO8/c1-21(22-9-7-12-25(19-22)38-17-6-5-16-37-24-10-3-2-4-11-24)29(34)31-26-15-14-23(30(35)36)20-27(26)39-18-8-13-28(32)33/h2-4,7,9-12,14-15,19-21H,5-6,8,13,16-18H2,1H3,(H,31,34)(H,32,33)(H,35,36). The third-order valence-electron chi connectivity index (χ3n) is 5.85. The fraction of sp³-hybridized carbons (Fsp3) is 0.300. The van der Waals surface area contributed by atoms with Crippen LogP contribution in [0.4, 0.5) is 5.69 Å². The molecule has 0 aliphatic carbocycles. The average molecular weight is 536 g/mol. The number of unbranched alkanes of at least 4 members (excludes halogenated alkanes) is 1. The number of carbonyl (C=O) groups excluding carboxylic acids is 1. The van der Waals surface area contributed by atoms with Crippen LogP contribution in [0, 0.1) is 0 Å². The highest BCUT2D eigenvalue weighted by Gasteiger charge is 2.19. The minimum absolute atomic E-state index is 0.00856. The number of aromatic carboxylic acids is 1. The average Bonchev–Trinajstić information content (AvgIpc) is 2.93. The van der Waals surface area contributed by atoms with Crippen molar-refractivity contribution in [3.8, 4) is 17.2 Å². The molecular formula is C30H33NO8. The molecule has 3 aromatic rings. The summed E-state index contributed by atoms with van der Waals surface area (Å²) >= 11 is 0. The highest BCUT2D eigenvalue weighted by molar-refractivity contribution is 5.98. The molecule has 206 valence electrons. The van der Waals surface area contributed by atoms with Gasteiger partial charge in [-0.25, -0.2) is 4.79 Å². The lowest BCUT2D eigenvalue weighted by Crippen LogP contribution is -2.20. The van der Waals surface area contributed by atoms with E-state index in [9.17, 15) is 19.5 Å². The van der Waals surface area contributed by atoms with Crippen molar-refractivity contribution in [2.24, 2.45) is 0 Å². The van der Waals surface area contributed by atoms with E-state index in [0.29, 0.717) is 24.7 Å². The zero-order chi connectivity index (χ0) is 28.0. The largest absolute Gasteiger partial charge is 0.494 e. The Kier molecular flexibility index (Phi) is 11.2. The summed E-state index contributed by atoms with van der Waals surface area (Å²) in [5, 5.41) is 20.9. The predicted molar refractivity (Wildman–Crippen MR) is 146 cm³/mol. The summed E-state index contributed by atoms with van der Waals surface area (Å²) in [7, 11) is 0. The normalized spacial score (nSPS) is 11.3. The summed E-state index contributed by atoms with van der Waals surface area (Å²) in [6.07, 6.45) is 1.81. The van der Waals surface area contributed by atoms with Crippen LogP contribution < -0.4 is 19.5 Å². The number of hydrogen-bond acceptors (Lipinski definition) is 6. The van der Waals surface area contributed by atoms with Gasteiger partial charge in [0.15, 0.2) is 0 Å². The molecule has 0 saturated heterocycles. The van der Waals surface area contributed by atoms with Gasteiger partial charge in [0.25, 0.3) is 0 Å². The molecule has 0 aliphatic heterocycles. The summed E-state index contributed by atoms with van der Waals surface area (Å²) in [5.74, 6) is -1.29. The number of anilines is 1. The highest BCUT2D eigenvalue weighted by atomic mass is 16.5. The number of para-hydroxylation sites is 1. The van der Waals surface area contributed by atoms with Crippen molar-refractivity contribution in [1.29, 1.82) is 0 Å². The molecular weight excluding hydrogens is 502 g/mol.